The molecular formula is C45H27N3O. The van der Waals surface area contributed by atoms with Gasteiger partial charge >= 0.3 is 0 Å². The Bertz CT molecular complexity index is 2890. The van der Waals surface area contributed by atoms with Crippen LogP contribution in [0.15, 0.2) is 168 Å². The molecule has 10 rings (SSSR count). The standard InChI is InChI=1S/C45H27N3O/c1-2-8-28(9-3-1)34-17-14-30-16-19-36(24-38(30)23-34)44-46-43(35-18-15-29-10-4-5-11-31(29)22-35)47-45(48-44)37-20-21-39-40-25-32-12-6-7-13-33(32)26-42(40)49-41(39)27-37/h1-27H. The molecule has 49 heavy (non-hydrogen) atoms. The van der Waals surface area contributed by atoms with Gasteiger partial charge in [0.2, 0.25) is 0 Å². The van der Waals surface area contributed by atoms with Crippen LogP contribution in [0.1, 0.15) is 0 Å². The largest absolute Gasteiger partial charge is 0.456 e. The molecule has 0 saturated heterocycles. The zero-order valence-electron chi connectivity index (χ0n) is 26.3. The zero-order valence-corrected chi connectivity index (χ0v) is 26.3. The third-order valence-corrected chi connectivity index (χ3v) is 9.45. The van der Waals surface area contributed by atoms with E-state index < -0.39 is 0 Å². The Balaban J connectivity index is 1.15. The molecule has 4 heteroatoms. The molecule has 8 aromatic carbocycles. The molecule has 0 saturated carbocycles. The van der Waals surface area contributed by atoms with E-state index in [4.69, 9.17) is 19.4 Å². The smallest absolute Gasteiger partial charge is 0.164 e. The fraction of sp³-hybridized carbons (Fsp3) is 0. The van der Waals surface area contributed by atoms with Crippen LogP contribution >= 0.6 is 0 Å². The summed E-state index contributed by atoms with van der Waals surface area (Å²) in [6.07, 6.45) is 0. The van der Waals surface area contributed by atoms with Crippen molar-refractivity contribution in [1.82, 2.24) is 15.0 Å². The van der Waals surface area contributed by atoms with Gasteiger partial charge in [-0.15, -0.1) is 0 Å². The van der Waals surface area contributed by atoms with E-state index in [2.05, 4.69) is 158 Å². The second kappa shape index (κ2) is 11.0. The molecular weight excluding hydrogens is 599 g/mol. The van der Waals surface area contributed by atoms with Crippen molar-refractivity contribution >= 4 is 54.3 Å². The highest BCUT2D eigenvalue weighted by atomic mass is 16.3. The highest BCUT2D eigenvalue weighted by Gasteiger charge is 2.16. The predicted molar refractivity (Wildman–Crippen MR) is 201 cm³/mol. The molecule has 2 heterocycles. The first-order valence-corrected chi connectivity index (χ1v) is 16.4. The second-order valence-electron chi connectivity index (χ2n) is 12.5. The van der Waals surface area contributed by atoms with Crippen molar-refractivity contribution in [3.05, 3.63) is 164 Å². The zero-order chi connectivity index (χ0) is 32.3. The van der Waals surface area contributed by atoms with E-state index in [0.29, 0.717) is 17.5 Å². The lowest BCUT2D eigenvalue weighted by atomic mass is 9.99. The molecule has 0 aliphatic carbocycles. The monoisotopic (exact) mass is 625 g/mol. The first kappa shape index (κ1) is 27.5. The summed E-state index contributed by atoms with van der Waals surface area (Å²) in [6.45, 7) is 0. The van der Waals surface area contributed by atoms with E-state index >= 15 is 0 Å². The van der Waals surface area contributed by atoms with Crippen molar-refractivity contribution in [2.24, 2.45) is 0 Å². The van der Waals surface area contributed by atoms with Crippen LogP contribution < -0.4 is 0 Å². The van der Waals surface area contributed by atoms with Crippen molar-refractivity contribution in [2.75, 3.05) is 0 Å². The van der Waals surface area contributed by atoms with Crippen LogP contribution in [0.25, 0.3) is 99.5 Å². The number of hydrogen-bond acceptors (Lipinski definition) is 4. The maximum absolute atomic E-state index is 6.43. The maximum Gasteiger partial charge on any atom is 0.164 e. The average molecular weight is 626 g/mol. The number of rotatable bonds is 4. The molecule has 10 aromatic rings. The van der Waals surface area contributed by atoms with Crippen molar-refractivity contribution in [3.8, 4) is 45.3 Å². The van der Waals surface area contributed by atoms with Crippen LogP contribution in [0.2, 0.25) is 0 Å². The van der Waals surface area contributed by atoms with Gasteiger partial charge in [-0.25, -0.2) is 15.0 Å². The molecule has 0 aliphatic rings. The lowest BCUT2D eigenvalue weighted by Gasteiger charge is -2.10. The summed E-state index contributed by atoms with van der Waals surface area (Å²) in [7, 11) is 0. The first-order valence-electron chi connectivity index (χ1n) is 16.4. The SMILES string of the molecule is c1ccc(-c2ccc3ccc(-c4nc(-c5ccc6ccccc6c5)nc(-c5ccc6c(c5)oc5cc7ccccc7cc56)n4)cc3c2)cc1. The van der Waals surface area contributed by atoms with Crippen molar-refractivity contribution in [1.29, 1.82) is 0 Å². The summed E-state index contributed by atoms with van der Waals surface area (Å²) in [5, 5.41) is 9.11. The van der Waals surface area contributed by atoms with Gasteiger partial charge in [0, 0.05) is 27.5 Å². The van der Waals surface area contributed by atoms with Crippen molar-refractivity contribution < 1.29 is 4.42 Å². The van der Waals surface area contributed by atoms with Crippen molar-refractivity contribution in [2.45, 2.75) is 0 Å². The van der Waals surface area contributed by atoms with E-state index in [1.807, 2.05) is 6.07 Å². The van der Waals surface area contributed by atoms with Gasteiger partial charge in [0.15, 0.2) is 17.5 Å². The van der Waals surface area contributed by atoms with Crippen LogP contribution in [0, 0.1) is 0 Å². The van der Waals surface area contributed by atoms with Gasteiger partial charge in [0.1, 0.15) is 11.2 Å². The molecule has 0 amide bonds. The van der Waals surface area contributed by atoms with Gasteiger partial charge in [-0.3, -0.25) is 0 Å². The fourth-order valence-electron chi connectivity index (χ4n) is 6.89. The molecule has 0 unspecified atom stereocenters. The summed E-state index contributed by atoms with van der Waals surface area (Å²) < 4.78 is 6.43. The number of hydrogen-bond donors (Lipinski definition) is 0. The molecule has 0 N–H and O–H groups in total. The van der Waals surface area contributed by atoms with E-state index in [0.717, 1.165) is 60.2 Å². The normalized spacial score (nSPS) is 11.7. The number of furan rings is 1. The Kier molecular flexibility index (Phi) is 6.15. The Morgan fingerprint density at radius 1 is 0.286 bits per heavy atom. The summed E-state index contributed by atoms with van der Waals surface area (Å²) in [5.41, 5.74) is 6.76. The summed E-state index contributed by atoms with van der Waals surface area (Å²) in [4.78, 5) is 15.2. The molecule has 0 fully saturated rings. The topological polar surface area (TPSA) is 51.8 Å². The van der Waals surface area contributed by atoms with Crippen LogP contribution in [0.5, 0.6) is 0 Å². The quantitative estimate of drug-likeness (QED) is 0.195. The van der Waals surface area contributed by atoms with Gasteiger partial charge in [0.25, 0.3) is 0 Å². The van der Waals surface area contributed by atoms with Gasteiger partial charge in [0.05, 0.1) is 0 Å². The summed E-state index contributed by atoms with van der Waals surface area (Å²) in [5.74, 6) is 1.84. The van der Waals surface area contributed by atoms with Crippen LogP contribution in [0.3, 0.4) is 0 Å². The van der Waals surface area contributed by atoms with Gasteiger partial charge in [-0.2, -0.15) is 0 Å². The highest BCUT2D eigenvalue weighted by Crippen LogP contribution is 2.35. The third kappa shape index (κ3) is 4.81. The van der Waals surface area contributed by atoms with E-state index in [1.54, 1.807) is 0 Å². The van der Waals surface area contributed by atoms with E-state index in [9.17, 15) is 0 Å². The Morgan fingerprint density at radius 3 is 1.45 bits per heavy atom. The summed E-state index contributed by atoms with van der Waals surface area (Å²) in [6, 6.07) is 57.1. The molecule has 0 aliphatic heterocycles. The summed E-state index contributed by atoms with van der Waals surface area (Å²) >= 11 is 0. The third-order valence-electron chi connectivity index (χ3n) is 9.45. The first-order chi connectivity index (χ1) is 24.2. The van der Waals surface area contributed by atoms with Gasteiger partial charge < -0.3 is 4.42 Å². The minimum atomic E-state index is 0.596. The molecule has 0 bridgehead atoms. The number of fused-ring (bicyclic) bond motifs is 6. The van der Waals surface area contributed by atoms with Crippen LogP contribution in [0.4, 0.5) is 0 Å². The molecule has 228 valence electrons. The lowest BCUT2D eigenvalue weighted by Crippen LogP contribution is -2.00. The Labute approximate surface area is 282 Å². The number of aromatic nitrogens is 3. The molecule has 0 spiro atoms. The number of nitrogens with zero attached hydrogens (tertiary/aromatic N) is 3. The predicted octanol–water partition coefficient (Wildman–Crippen LogP) is 11.9. The van der Waals surface area contributed by atoms with E-state index in [-0.39, 0.29) is 0 Å². The molecule has 4 nitrogen and oxygen atoms in total. The van der Waals surface area contributed by atoms with E-state index in [1.165, 1.54) is 21.9 Å². The highest BCUT2D eigenvalue weighted by molar-refractivity contribution is 6.10. The Morgan fingerprint density at radius 2 is 0.755 bits per heavy atom. The lowest BCUT2D eigenvalue weighted by molar-refractivity contribution is 0.669. The van der Waals surface area contributed by atoms with Gasteiger partial charge in [-0.05, 0) is 85.9 Å². The molecule has 2 aromatic heterocycles. The van der Waals surface area contributed by atoms with Crippen LogP contribution in [-0.4, -0.2) is 15.0 Å². The average Bonchev–Trinajstić information content (AvgIpc) is 3.53. The van der Waals surface area contributed by atoms with Crippen LogP contribution in [-0.2, 0) is 0 Å². The maximum atomic E-state index is 6.43. The minimum Gasteiger partial charge on any atom is -0.456 e. The van der Waals surface area contributed by atoms with Crippen molar-refractivity contribution in [3.63, 3.8) is 0 Å². The Hall–Kier alpha value is -6.65. The second-order valence-corrected chi connectivity index (χ2v) is 12.5. The fourth-order valence-corrected chi connectivity index (χ4v) is 6.89. The van der Waals surface area contributed by atoms with Gasteiger partial charge in [-0.1, -0.05) is 121 Å². The minimum absolute atomic E-state index is 0.596. The molecule has 0 radical (unpaired) electrons. The molecule has 0 atom stereocenters. The number of benzene rings is 8.